The van der Waals surface area contributed by atoms with Crippen molar-refractivity contribution in [2.75, 3.05) is 39.3 Å². The van der Waals surface area contributed by atoms with Crippen molar-refractivity contribution < 1.29 is 14.3 Å². The van der Waals surface area contributed by atoms with E-state index in [1.165, 1.54) is 0 Å². The lowest BCUT2D eigenvalue weighted by Crippen LogP contribution is -2.50. The molecule has 1 amide bonds. The number of Topliss-reactive ketones (excluding diaryl/α,β-unsaturated/α-hetero) is 1. The average molecular weight is 242 g/mol. The summed E-state index contributed by atoms with van der Waals surface area (Å²) in [5.41, 5.74) is 0. The van der Waals surface area contributed by atoms with Gasteiger partial charge in [-0.1, -0.05) is 13.8 Å². The lowest BCUT2D eigenvalue weighted by Gasteiger charge is -2.33. The third-order valence-corrected chi connectivity index (χ3v) is 2.92. The standard InChI is InChI=1S/C12H22N2O3/c1-4-17-12(16)14-7-5-13(6-8-14)9-11(15)10(2)3/h10H,4-9H2,1-3H3. The molecule has 0 unspecified atom stereocenters. The normalized spacial score (nSPS) is 17.3. The minimum atomic E-state index is -0.248. The van der Waals surface area contributed by atoms with E-state index < -0.39 is 0 Å². The second-order valence-corrected chi connectivity index (χ2v) is 4.58. The van der Waals surface area contributed by atoms with E-state index in [9.17, 15) is 9.59 Å². The van der Waals surface area contributed by atoms with Crippen molar-refractivity contribution in [3.63, 3.8) is 0 Å². The van der Waals surface area contributed by atoms with Gasteiger partial charge in [0.15, 0.2) is 0 Å². The number of nitrogens with zero attached hydrogens (tertiary/aromatic N) is 2. The lowest BCUT2D eigenvalue weighted by molar-refractivity contribution is -0.123. The molecule has 17 heavy (non-hydrogen) atoms. The van der Waals surface area contributed by atoms with E-state index in [1.54, 1.807) is 11.8 Å². The Morgan fingerprint density at radius 2 is 1.76 bits per heavy atom. The topological polar surface area (TPSA) is 49.9 Å². The molecule has 0 aromatic heterocycles. The summed E-state index contributed by atoms with van der Waals surface area (Å²) >= 11 is 0. The lowest BCUT2D eigenvalue weighted by atomic mass is 10.1. The van der Waals surface area contributed by atoms with Crippen LogP contribution < -0.4 is 0 Å². The fourth-order valence-electron chi connectivity index (χ4n) is 1.71. The summed E-state index contributed by atoms with van der Waals surface area (Å²) in [5, 5.41) is 0. The molecule has 0 atom stereocenters. The molecule has 0 saturated carbocycles. The number of ether oxygens (including phenoxy) is 1. The maximum absolute atomic E-state index is 11.6. The van der Waals surface area contributed by atoms with Gasteiger partial charge in [0.2, 0.25) is 0 Å². The molecule has 1 heterocycles. The highest BCUT2D eigenvalue weighted by Gasteiger charge is 2.23. The Bertz CT molecular complexity index is 271. The van der Waals surface area contributed by atoms with E-state index in [0.717, 1.165) is 13.1 Å². The van der Waals surface area contributed by atoms with Crippen molar-refractivity contribution in [2.24, 2.45) is 5.92 Å². The van der Waals surface area contributed by atoms with E-state index in [-0.39, 0.29) is 17.8 Å². The predicted octanol–water partition coefficient (Wildman–Crippen LogP) is 0.986. The Kier molecular flexibility index (Phi) is 5.41. The second-order valence-electron chi connectivity index (χ2n) is 4.58. The molecule has 0 aliphatic carbocycles. The predicted molar refractivity (Wildman–Crippen MR) is 64.9 cm³/mol. The molecule has 5 nitrogen and oxygen atoms in total. The Balaban J connectivity index is 2.31. The summed E-state index contributed by atoms with van der Waals surface area (Å²) < 4.78 is 4.94. The van der Waals surface area contributed by atoms with Crippen LogP contribution in [0.2, 0.25) is 0 Å². The number of carbonyl (C=O) groups is 2. The number of hydrogen-bond acceptors (Lipinski definition) is 4. The van der Waals surface area contributed by atoms with Crippen LogP contribution in [0.15, 0.2) is 0 Å². The Morgan fingerprint density at radius 1 is 1.18 bits per heavy atom. The van der Waals surface area contributed by atoms with Crippen molar-refractivity contribution in [3.8, 4) is 0 Å². The summed E-state index contributed by atoms with van der Waals surface area (Å²) in [5.74, 6) is 0.340. The summed E-state index contributed by atoms with van der Waals surface area (Å²) in [7, 11) is 0. The molecule has 1 saturated heterocycles. The first-order valence-electron chi connectivity index (χ1n) is 6.21. The van der Waals surface area contributed by atoms with Crippen molar-refractivity contribution in [1.29, 1.82) is 0 Å². The van der Waals surface area contributed by atoms with Gasteiger partial charge in [0.1, 0.15) is 5.78 Å². The first-order valence-corrected chi connectivity index (χ1v) is 6.21. The molecular weight excluding hydrogens is 220 g/mol. The van der Waals surface area contributed by atoms with E-state index in [1.807, 2.05) is 13.8 Å². The van der Waals surface area contributed by atoms with Gasteiger partial charge in [0, 0.05) is 32.1 Å². The largest absolute Gasteiger partial charge is 0.450 e. The number of hydrogen-bond donors (Lipinski definition) is 0. The fourth-order valence-corrected chi connectivity index (χ4v) is 1.71. The summed E-state index contributed by atoms with van der Waals surface area (Å²) in [6.07, 6.45) is -0.248. The minimum Gasteiger partial charge on any atom is -0.450 e. The van der Waals surface area contributed by atoms with Crippen LogP contribution >= 0.6 is 0 Å². The molecule has 1 rings (SSSR count). The average Bonchev–Trinajstić information content (AvgIpc) is 2.30. The van der Waals surface area contributed by atoms with Crippen LogP contribution in [0.3, 0.4) is 0 Å². The Labute approximate surface area is 103 Å². The molecule has 0 aromatic rings. The zero-order valence-electron chi connectivity index (χ0n) is 10.9. The number of rotatable bonds is 4. The molecule has 0 radical (unpaired) electrons. The van der Waals surface area contributed by atoms with Gasteiger partial charge in [0.05, 0.1) is 13.2 Å². The molecule has 0 aromatic carbocycles. The maximum atomic E-state index is 11.6. The van der Waals surface area contributed by atoms with Gasteiger partial charge in [-0.25, -0.2) is 4.79 Å². The van der Waals surface area contributed by atoms with Gasteiger partial charge in [0.25, 0.3) is 0 Å². The monoisotopic (exact) mass is 242 g/mol. The molecule has 5 heteroatoms. The van der Waals surface area contributed by atoms with Crippen LogP contribution in [-0.2, 0) is 9.53 Å². The van der Waals surface area contributed by atoms with Gasteiger partial charge in [-0.3, -0.25) is 9.69 Å². The molecule has 98 valence electrons. The van der Waals surface area contributed by atoms with Crippen LogP contribution in [0.25, 0.3) is 0 Å². The maximum Gasteiger partial charge on any atom is 0.409 e. The zero-order valence-corrected chi connectivity index (χ0v) is 10.9. The van der Waals surface area contributed by atoms with Crippen LogP contribution in [0.4, 0.5) is 4.79 Å². The molecular formula is C12H22N2O3. The van der Waals surface area contributed by atoms with Gasteiger partial charge in [-0.2, -0.15) is 0 Å². The summed E-state index contributed by atoms with van der Waals surface area (Å²) in [4.78, 5) is 26.8. The van der Waals surface area contributed by atoms with E-state index >= 15 is 0 Å². The van der Waals surface area contributed by atoms with Crippen molar-refractivity contribution in [2.45, 2.75) is 20.8 Å². The first-order chi connectivity index (χ1) is 8.04. The zero-order chi connectivity index (χ0) is 12.8. The smallest absolute Gasteiger partial charge is 0.409 e. The van der Waals surface area contributed by atoms with E-state index in [0.29, 0.717) is 26.2 Å². The van der Waals surface area contributed by atoms with Crippen molar-refractivity contribution in [1.82, 2.24) is 9.80 Å². The highest BCUT2D eigenvalue weighted by Crippen LogP contribution is 2.05. The van der Waals surface area contributed by atoms with E-state index in [4.69, 9.17) is 4.74 Å². The SMILES string of the molecule is CCOC(=O)N1CCN(CC(=O)C(C)C)CC1. The molecule has 0 N–H and O–H groups in total. The molecule has 0 spiro atoms. The Hall–Kier alpha value is -1.10. The summed E-state index contributed by atoms with van der Waals surface area (Å²) in [6, 6.07) is 0. The number of amides is 1. The fraction of sp³-hybridized carbons (Fsp3) is 0.833. The molecule has 1 aliphatic rings. The Morgan fingerprint density at radius 3 is 2.24 bits per heavy atom. The quantitative estimate of drug-likeness (QED) is 0.737. The number of carbonyl (C=O) groups excluding carboxylic acids is 2. The summed E-state index contributed by atoms with van der Waals surface area (Å²) in [6.45, 7) is 9.31. The molecule has 0 bridgehead atoms. The number of piperazine rings is 1. The van der Waals surface area contributed by atoms with Crippen LogP contribution in [0.5, 0.6) is 0 Å². The van der Waals surface area contributed by atoms with Crippen LogP contribution in [0.1, 0.15) is 20.8 Å². The molecule has 1 aliphatic heterocycles. The van der Waals surface area contributed by atoms with Gasteiger partial charge in [-0.15, -0.1) is 0 Å². The van der Waals surface area contributed by atoms with Crippen molar-refractivity contribution >= 4 is 11.9 Å². The highest BCUT2D eigenvalue weighted by molar-refractivity contribution is 5.82. The van der Waals surface area contributed by atoms with Gasteiger partial charge >= 0.3 is 6.09 Å². The molecule has 1 fully saturated rings. The third kappa shape index (κ3) is 4.34. The second kappa shape index (κ2) is 6.59. The van der Waals surface area contributed by atoms with Crippen LogP contribution in [-0.4, -0.2) is 61.0 Å². The van der Waals surface area contributed by atoms with Gasteiger partial charge in [-0.05, 0) is 6.92 Å². The highest BCUT2D eigenvalue weighted by atomic mass is 16.6. The van der Waals surface area contributed by atoms with Gasteiger partial charge < -0.3 is 9.64 Å². The minimum absolute atomic E-state index is 0.0816. The van der Waals surface area contributed by atoms with E-state index in [2.05, 4.69) is 4.90 Å². The first kappa shape index (κ1) is 14.0. The van der Waals surface area contributed by atoms with Crippen LogP contribution in [0, 0.1) is 5.92 Å². The van der Waals surface area contributed by atoms with Crippen molar-refractivity contribution in [3.05, 3.63) is 0 Å². The number of ketones is 1. The third-order valence-electron chi connectivity index (χ3n) is 2.92.